The summed E-state index contributed by atoms with van der Waals surface area (Å²) in [5, 5.41) is 2.03. The SMILES string of the molecule is C=c1ccc2c(c1)Oc1cc(N(CC)CCCN(C)C)ccc1C=2c1ccc(OC)cc1. The van der Waals surface area contributed by atoms with Gasteiger partial charge in [-0.3, -0.25) is 0 Å². The zero-order valence-electron chi connectivity index (χ0n) is 19.5. The Morgan fingerprint density at radius 3 is 2.38 bits per heavy atom. The predicted molar refractivity (Wildman–Crippen MR) is 133 cm³/mol. The minimum Gasteiger partial charge on any atom is -0.497 e. The summed E-state index contributed by atoms with van der Waals surface area (Å²) < 4.78 is 11.8. The van der Waals surface area contributed by atoms with E-state index in [4.69, 9.17) is 9.47 Å². The van der Waals surface area contributed by atoms with Crippen molar-refractivity contribution in [3.63, 3.8) is 0 Å². The van der Waals surface area contributed by atoms with Gasteiger partial charge < -0.3 is 19.3 Å². The molecular weight excluding hydrogens is 396 g/mol. The first-order chi connectivity index (χ1) is 15.5. The van der Waals surface area contributed by atoms with Gasteiger partial charge in [-0.25, -0.2) is 0 Å². The van der Waals surface area contributed by atoms with Gasteiger partial charge in [-0.15, -0.1) is 0 Å². The molecule has 0 aromatic heterocycles. The summed E-state index contributed by atoms with van der Waals surface area (Å²) in [6, 6.07) is 21.0. The van der Waals surface area contributed by atoms with E-state index >= 15 is 0 Å². The normalized spacial score (nSPS) is 12.2. The smallest absolute Gasteiger partial charge is 0.137 e. The van der Waals surface area contributed by atoms with Gasteiger partial charge in [-0.1, -0.05) is 30.8 Å². The molecule has 0 spiro atoms. The van der Waals surface area contributed by atoms with Gasteiger partial charge in [0.2, 0.25) is 0 Å². The molecule has 3 aromatic rings. The van der Waals surface area contributed by atoms with E-state index < -0.39 is 0 Å². The van der Waals surface area contributed by atoms with Crippen molar-refractivity contribution in [2.75, 3.05) is 45.7 Å². The van der Waals surface area contributed by atoms with Crippen LogP contribution in [0.2, 0.25) is 0 Å². The van der Waals surface area contributed by atoms with Crippen LogP contribution in [0.15, 0.2) is 60.7 Å². The Morgan fingerprint density at radius 2 is 1.69 bits per heavy atom. The quantitative estimate of drug-likeness (QED) is 0.419. The number of hydrogen-bond donors (Lipinski definition) is 0. The lowest BCUT2D eigenvalue weighted by molar-refractivity contribution is 0.400. The third-order valence-electron chi connectivity index (χ3n) is 5.93. The average Bonchev–Trinajstić information content (AvgIpc) is 2.80. The van der Waals surface area contributed by atoms with Gasteiger partial charge in [-0.2, -0.15) is 0 Å². The molecule has 3 aromatic carbocycles. The molecule has 0 saturated carbocycles. The summed E-state index contributed by atoms with van der Waals surface area (Å²) in [5.41, 5.74) is 4.60. The van der Waals surface area contributed by atoms with E-state index in [9.17, 15) is 0 Å². The van der Waals surface area contributed by atoms with Crippen LogP contribution in [-0.4, -0.2) is 45.7 Å². The molecule has 0 amide bonds. The molecule has 0 aliphatic carbocycles. The summed E-state index contributed by atoms with van der Waals surface area (Å²) in [6.07, 6.45) is 1.12. The second-order valence-corrected chi connectivity index (χ2v) is 8.45. The first-order valence-corrected chi connectivity index (χ1v) is 11.2. The highest BCUT2D eigenvalue weighted by Crippen LogP contribution is 2.38. The van der Waals surface area contributed by atoms with E-state index in [1.54, 1.807) is 7.11 Å². The number of ether oxygens (including phenoxy) is 2. The van der Waals surface area contributed by atoms with Crippen LogP contribution in [0.25, 0.3) is 12.2 Å². The lowest BCUT2D eigenvalue weighted by atomic mass is 9.92. The molecule has 0 N–H and O–H groups in total. The van der Waals surface area contributed by atoms with Crippen LogP contribution in [0.4, 0.5) is 5.69 Å². The van der Waals surface area contributed by atoms with E-state index in [0.717, 1.165) is 64.9 Å². The first kappa shape index (κ1) is 22.0. The predicted octanol–water partition coefficient (Wildman–Crippen LogP) is 4.24. The highest BCUT2D eigenvalue weighted by molar-refractivity contribution is 5.86. The third-order valence-corrected chi connectivity index (χ3v) is 5.93. The van der Waals surface area contributed by atoms with Gasteiger partial charge in [0.15, 0.2) is 0 Å². The van der Waals surface area contributed by atoms with Crippen LogP contribution in [0.3, 0.4) is 0 Å². The molecule has 0 radical (unpaired) electrons. The summed E-state index contributed by atoms with van der Waals surface area (Å²) in [5.74, 6) is 2.59. The molecule has 166 valence electrons. The molecular formula is C28H32N2O2. The first-order valence-electron chi connectivity index (χ1n) is 11.2. The van der Waals surface area contributed by atoms with Gasteiger partial charge in [0.1, 0.15) is 17.2 Å². The fourth-order valence-corrected chi connectivity index (χ4v) is 4.24. The van der Waals surface area contributed by atoms with E-state index in [0.29, 0.717) is 0 Å². The van der Waals surface area contributed by atoms with Crippen molar-refractivity contribution in [3.8, 4) is 17.2 Å². The molecule has 32 heavy (non-hydrogen) atoms. The third kappa shape index (κ3) is 4.51. The summed E-state index contributed by atoms with van der Waals surface area (Å²) in [6.45, 7) is 9.35. The van der Waals surface area contributed by atoms with Crippen molar-refractivity contribution < 1.29 is 9.47 Å². The summed E-state index contributed by atoms with van der Waals surface area (Å²) >= 11 is 0. The number of anilines is 1. The Morgan fingerprint density at radius 1 is 0.906 bits per heavy atom. The van der Waals surface area contributed by atoms with E-state index in [1.807, 2.05) is 24.3 Å². The van der Waals surface area contributed by atoms with Crippen molar-refractivity contribution in [2.45, 2.75) is 13.3 Å². The van der Waals surface area contributed by atoms with Crippen LogP contribution in [0.1, 0.15) is 24.5 Å². The molecule has 0 fully saturated rings. The molecule has 1 heterocycles. The van der Waals surface area contributed by atoms with Gasteiger partial charge >= 0.3 is 0 Å². The highest BCUT2D eigenvalue weighted by Gasteiger charge is 2.21. The molecule has 0 bridgehead atoms. The van der Waals surface area contributed by atoms with E-state index in [1.165, 1.54) is 11.3 Å². The van der Waals surface area contributed by atoms with Gasteiger partial charge in [0, 0.05) is 41.2 Å². The van der Waals surface area contributed by atoms with E-state index in [-0.39, 0.29) is 0 Å². The largest absolute Gasteiger partial charge is 0.497 e. The van der Waals surface area contributed by atoms with Crippen LogP contribution >= 0.6 is 0 Å². The Labute approximate surface area is 191 Å². The lowest BCUT2D eigenvalue weighted by Crippen LogP contribution is -2.27. The van der Waals surface area contributed by atoms with Crippen molar-refractivity contribution in [1.29, 1.82) is 0 Å². The zero-order valence-corrected chi connectivity index (χ0v) is 19.5. The van der Waals surface area contributed by atoms with E-state index in [2.05, 4.69) is 73.8 Å². The van der Waals surface area contributed by atoms with Gasteiger partial charge in [-0.05, 0) is 75.1 Å². The minimum atomic E-state index is 0.849. The number of rotatable bonds is 8. The molecule has 0 atom stereocenters. The van der Waals surface area contributed by atoms with Crippen LogP contribution in [-0.2, 0) is 0 Å². The molecule has 4 heteroatoms. The minimum absolute atomic E-state index is 0.849. The second kappa shape index (κ2) is 9.49. The average molecular weight is 429 g/mol. The summed E-state index contributed by atoms with van der Waals surface area (Å²) in [7, 11) is 5.93. The molecule has 4 nitrogen and oxygen atoms in total. The number of methoxy groups -OCH3 is 1. The molecule has 0 saturated heterocycles. The van der Waals surface area contributed by atoms with Crippen molar-refractivity contribution in [1.82, 2.24) is 4.90 Å². The number of hydrogen-bond acceptors (Lipinski definition) is 4. The van der Waals surface area contributed by atoms with Crippen LogP contribution in [0.5, 0.6) is 17.2 Å². The maximum atomic E-state index is 6.41. The summed E-state index contributed by atoms with van der Waals surface area (Å²) in [4.78, 5) is 4.64. The monoisotopic (exact) mass is 428 g/mol. The fraction of sp³-hybridized carbons (Fsp3) is 0.286. The Kier molecular flexibility index (Phi) is 6.52. The van der Waals surface area contributed by atoms with Crippen molar-refractivity contribution in [2.24, 2.45) is 0 Å². The van der Waals surface area contributed by atoms with Gasteiger partial charge in [0.25, 0.3) is 0 Å². The van der Waals surface area contributed by atoms with Gasteiger partial charge in [0.05, 0.1) is 7.11 Å². The Hall–Kier alpha value is -3.24. The standard InChI is InChI=1S/C28H32N2O2/c1-6-30(17-7-16-29(3)4)22-11-15-25-27(19-22)32-26-18-20(2)8-14-24(26)28(25)21-9-12-23(31-5)13-10-21/h8-15,18-19H,2,6-7,16-17H2,1,3-5H3. The fourth-order valence-electron chi connectivity index (χ4n) is 4.24. The number of fused-ring (bicyclic) bond motifs is 2. The second-order valence-electron chi connectivity index (χ2n) is 8.45. The van der Waals surface area contributed by atoms with Crippen molar-refractivity contribution in [3.05, 3.63) is 82.2 Å². The maximum Gasteiger partial charge on any atom is 0.137 e. The Balaban J connectivity index is 1.78. The molecule has 4 rings (SSSR count). The maximum absolute atomic E-state index is 6.41. The topological polar surface area (TPSA) is 24.9 Å². The molecule has 1 aliphatic heterocycles. The Bertz CT molecular complexity index is 1200. The zero-order chi connectivity index (χ0) is 22.7. The number of benzene rings is 3. The van der Waals surface area contributed by atoms with Crippen molar-refractivity contribution >= 4 is 17.8 Å². The van der Waals surface area contributed by atoms with Crippen LogP contribution in [0, 0.1) is 0 Å². The number of nitrogens with zero attached hydrogens (tertiary/aromatic N) is 2. The lowest BCUT2D eigenvalue weighted by Gasteiger charge is -2.27. The molecule has 1 aliphatic rings. The van der Waals surface area contributed by atoms with Crippen LogP contribution < -0.4 is 24.8 Å². The highest BCUT2D eigenvalue weighted by atomic mass is 16.5. The molecule has 0 unspecified atom stereocenters.